The quantitative estimate of drug-likeness (QED) is 0.626. The summed E-state index contributed by atoms with van der Waals surface area (Å²) in [5.41, 5.74) is 0.581. The summed E-state index contributed by atoms with van der Waals surface area (Å²) < 4.78 is 5.57. The van der Waals surface area contributed by atoms with Crippen LogP contribution in [0.3, 0.4) is 0 Å². The van der Waals surface area contributed by atoms with Crippen molar-refractivity contribution in [1.29, 1.82) is 0 Å². The Bertz CT molecular complexity index is 175. The van der Waals surface area contributed by atoms with Crippen molar-refractivity contribution >= 4 is 0 Å². The summed E-state index contributed by atoms with van der Waals surface area (Å²) in [4.78, 5) is 0. The van der Waals surface area contributed by atoms with Crippen molar-refractivity contribution in [1.82, 2.24) is 5.32 Å². The third kappa shape index (κ3) is 4.98. The number of hydrogen-bond donors (Lipinski definition) is 1. The highest BCUT2D eigenvalue weighted by Crippen LogP contribution is 2.47. The third-order valence-corrected chi connectivity index (χ3v) is 3.62. The molecule has 0 saturated heterocycles. The van der Waals surface area contributed by atoms with Gasteiger partial charge in [-0.15, -0.1) is 0 Å². The van der Waals surface area contributed by atoms with Gasteiger partial charge in [-0.25, -0.2) is 0 Å². The Morgan fingerprint density at radius 3 is 2.40 bits per heavy atom. The molecule has 1 fully saturated rings. The molecule has 90 valence electrons. The fourth-order valence-corrected chi connectivity index (χ4v) is 1.65. The molecule has 1 saturated carbocycles. The average molecular weight is 213 g/mol. The van der Waals surface area contributed by atoms with Crippen LogP contribution in [0.15, 0.2) is 0 Å². The maximum atomic E-state index is 5.57. The molecular weight excluding hydrogens is 186 g/mol. The lowest BCUT2D eigenvalue weighted by Gasteiger charge is -2.20. The fourth-order valence-electron chi connectivity index (χ4n) is 1.65. The Labute approximate surface area is 94.8 Å². The van der Waals surface area contributed by atoms with Crippen LogP contribution in [0.5, 0.6) is 0 Å². The summed E-state index contributed by atoms with van der Waals surface area (Å²) in [6.45, 7) is 11.9. The number of nitrogens with one attached hydrogen (secondary N) is 1. The minimum Gasteiger partial charge on any atom is -0.380 e. The van der Waals surface area contributed by atoms with Crippen molar-refractivity contribution in [3.05, 3.63) is 0 Å². The lowest BCUT2D eigenvalue weighted by molar-refractivity contribution is 0.121. The Morgan fingerprint density at radius 1 is 1.20 bits per heavy atom. The number of rotatable bonds is 8. The first kappa shape index (κ1) is 13.0. The van der Waals surface area contributed by atoms with Gasteiger partial charge >= 0.3 is 0 Å². The summed E-state index contributed by atoms with van der Waals surface area (Å²) in [5.74, 6) is 0.752. The van der Waals surface area contributed by atoms with Crippen molar-refractivity contribution in [2.24, 2.45) is 11.3 Å². The SMILES string of the molecule is CC(C)CCOCCNC(C)C1(C)CC1. The zero-order valence-corrected chi connectivity index (χ0v) is 10.8. The monoisotopic (exact) mass is 213 g/mol. The molecule has 2 nitrogen and oxygen atoms in total. The van der Waals surface area contributed by atoms with E-state index in [2.05, 4.69) is 33.0 Å². The van der Waals surface area contributed by atoms with Crippen LogP contribution in [-0.4, -0.2) is 25.8 Å². The van der Waals surface area contributed by atoms with E-state index in [0.717, 1.165) is 25.7 Å². The second-order valence-corrected chi connectivity index (χ2v) is 5.62. The van der Waals surface area contributed by atoms with Gasteiger partial charge in [-0.2, -0.15) is 0 Å². The summed E-state index contributed by atoms with van der Waals surface area (Å²) >= 11 is 0. The largest absolute Gasteiger partial charge is 0.380 e. The van der Waals surface area contributed by atoms with Crippen molar-refractivity contribution < 1.29 is 4.74 Å². The van der Waals surface area contributed by atoms with E-state index < -0.39 is 0 Å². The molecule has 0 aromatic heterocycles. The molecule has 0 radical (unpaired) electrons. The zero-order valence-electron chi connectivity index (χ0n) is 10.8. The lowest BCUT2D eigenvalue weighted by Crippen LogP contribution is -2.35. The van der Waals surface area contributed by atoms with E-state index in [9.17, 15) is 0 Å². The first-order valence-electron chi connectivity index (χ1n) is 6.36. The maximum Gasteiger partial charge on any atom is 0.0591 e. The van der Waals surface area contributed by atoms with Gasteiger partial charge in [0.25, 0.3) is 0 Å². The minimum atomic E-state index is 0.581. The molecule has 0 spiro atoms. The maximum absolute atomic E-state index is 5.57. The van der Waals surface area contributed by atoms with Crippen molar-refractivity contribution in [3.8, 4) is 0 Å². The smallest absolute Gasteiger partial charge is 0.0591 e. The Hall–Kier alpha value is -0.0800. The first-order valence-corrected chi connectivity index (χ1v) is 6.36. The molecule has 0 heterocycles. The Morgan fingerprint density at radius 2 is 1.87 bits per heavy atom. The normalized spacial score (nSPS) is 20.6. The molecule has 2 heteroatoms. The molecule has 0 aliphatic heterocycles. The lowest BCUT2D eigenvalue weighted by atomic mass is 10.0. The molecule has 1 N–H and O–H groups in total. The summed E-state index contributed by atoms with van der Waals surface area (Å²) in [7, 11) is 0. The fraction of sp³-hybridized carbons (Fsp3) is 1.00. The standard InChI is InChI=1S/C13H27NO/c1-11(2)5-9-15-10-8-14-12(3)13(4)6-7-13/h11-12,14H,5-10H2,1-4H3. The van der Waals surface area contributed by atoms with Crippen LogP contribution >= 0.6 is 0 Å². The van der Waals surface area contributed by atoms with Gasteiger partial charge in [0, 0.05) is 19.2 Å². The van der Waals surface area contributed by atoms with Gasteiger partial charge in [-0.3, -0.25) is 0 Å². The van der Waals surface area contributed by atoms with Crippen LogP contribution < -0.4 is 5.32 Å². The van der Waals surface area contributed by atoms with E-state index in [-0.39, 0.29) is 0 Å². The third-order valence-electron chi connectivity index (χ3n) is 3.62. The van der Waals surface area contributed by atoms with Gasteiger partial charge in [0.2, 0.25) is 0 Å². The van der Waals surface area contributed by atoms with Crippen LogP contribution in [0.4, 0.5) is 0 Å². The molecule has 1 unspecified atom stereocenters. The van der Waals surface area contributed by atoms with E-state index in [1.165, 1.54) is 19.3 Å². The van der Waals surface area contributed by atoms with Crippen LogP contribution in [0.2, 0.25) is 0 Å². The highest BCUT2D eigenvalue weighted by molar-refractivity contribution is 4.96. The van der Waals surface area contributed by atoms with Gasteiger partial charge in [-0.1, -0.05) is 20.8 Å². The summed E-state index contributed by atoms with van der Waals surface area (Å²) in [6.07, 6.45) is 3.94. The molecule has 1 aliphatic carbocycles. The van der Waals surface area contributed by atoms with Gasteiger partial charge in [-0.05, 0) is 37.5 Å². The summed E-state index contributed by atoms with van der Waals surface area (Å²) in [6, 6.07) is 0.645. The molecule has 15 heavy (non-hydrogen) atoms. The first-order chi connectivity index (χ1) is 7.04. The number of ether oxygens (including phenoxy) is 1. The molecule has 1 aliphatic rings. The summed E-state index contributed by atoms with van der Waals surface area (Å²) in [5, 5.41) is 3.55. The van der Waals surface area contributed by atoms with E-state index in [0.29, 0.717) is 11.5 Å². The van der Waals surface area contributed by atoms with Crippen molar-refractivity contribution in [3.63, 3.8) is 0 Å². The highest BCUT2D eigenvalue weighted by Gasteiger charge is 2.41. The van der Waals surface area contributed by atoms with Gasteiger partial charge in [0.15, 0.2) is 0 Å². The molecule has 1 atom stereocenters. The molecule has 0 aromatic rings. The predicted octanol–water partition coefficient (Wildman–Crippen LogP) is 2.83. The number of hydrogen-bond acceptors (Lipinski definition) is 2. The van der Waals surface area contributed by atoms with Crippen molar-refractivity contribution in [2.75, 3.05) is 19.8 Å². The molecule has 0 aromatic carbocycles. The van der Waals surface area contributed by atoms with Crippen LogP contribution in [0.1, 0.15) is 47.0 Å². The van der Waals surface area contributed by atoms with E-state index in [4.69, 9.17) is 4.74 Å². The second-order valence-electron chi connectivity index (χ2n) is 5.62. The predicted molar refractivity (Wildman–Crippen MR) is 65.1 cm³/mol. The van der Waals surface area contributed by atoms with Crippen molar-refractivity contribution in [2.45, 2.75) is 53.0 Å². The zero-order chi connectivity index (χ0) is 11.3. The Balaban J connectivity index is 1.88. The molecule has 0 amide bonds. The van der Waals surface area contributed by atoms with E-state index in [1.807, 2.05) is 0 Å². The minimum absolute atomic E-state index is 0.581. The Kier molecular flexibility index (Phi) is 5.07. The van der Waals surface area contributed by atoms with Crippen LogP contribution in [0.25, 0.3) is 0 Å². The van der Waals surface area contributed by atoms with E-state index in [1.54, 1.807) is 0 Å². The molecule has 0 bridgehead atoms. The van der Waals surface area contributed by atoms with Crippen LogP contribution in [-0.2, 0) is 4.74 Å². The van der Waals surface area contributed by atoms with Crippen LogP contribution in [0, 0.1) is 11.3 Å². The molecular formula is C13H27NO. The molecule has 1 rings (SSSR count). The average Bonchev–Trinajstić information content (AvgIpc) is 2.90. The topological polar surface area (TPSA) is 21.3 Å². The van der Waals surface area contributed by atoms with E-state index >= 15 is 0 Å². The highest BCUT2D eigenvalue weighted by atomic mass is 16.5. The van der Waals surface area contributed by atoms with Gasteiger partial charge < -0.3 is 10.1 Å². The van der Waals surface area contributed by atoms with Gasteiger partial charge in [0.1, 0.15) is 0 Å². The second kappa shape index (κ2) is 5.86. The van der Waals surface area contributed by atoms with Gasteiger partial charge in [0.05, 0.1) is 6.61 Å².